The van der Waals surface area contributed by atoms with Crippen molar-refractivity contribution >= 4 is 56.7 Å². The number of amides is 3. The van der Waals surface area contributed by atoms with Crippen LogP contribution in [-0.2, 0) is 6.42 Å². The van der Waals surface area contributed by atoms with Gasteiger partial charge in [-0.15, -0.1) is 11.3 Å². The highest BCUT2D eigenvalue weighted by molar-refractivity contribution is 7.23. The zero-order valence-corrected chi connectivity index (χ0v) is 19.8. The molecule has 10 heteroatoms. The molecule has 5 rings (SSSR count). The van der Waals surface area contributed by atoms with E-state index in [9.17, 15) is 9.59 Å². The van der Waals surface area contributed by atoms with Crippen LogP contribution in [0.2, 0.25) is 9.36 Å². The fraction of sp³-hybridized carbons (Fsp3) is 0.364. The number of nitrogens with one attached hydrogen (secondary N) is 3. The third kappa shape index (κ3) is 3.96. The summed E-state index contributed by atoms with van der Waals surface area (Å²) in [5.41, 5.74) is 3.26. The van der Waals surface area contributed by atoms with E-state index in [2.05, 4.69) is 27.6 Å². The standard InChI is InChI=1S/C22H23Cl2N5O2S/c1-28-6-8-29(9-7-28)22(31)27-18-13-5-3-2-4-12(13)10-14(18)26-21(30)15-11-16-19(25-15)17(23)20(24)32-16/h2-5,11,14,18,25H,6-10H2,1H3,(H,26,30)(H,27,31)/t14-,18+/m0/s1. The van der Waals surface area contributed by atoms with E-state index in [0.717, 1.165) is 28.9 Å². The van der Waals surface area contributed by atoms with Crippen molar-refractivity contribution in [3.05, 3.63) is 56.5 Å². The molecule has 2 aromatic heterocycles. The molecule has 0 bridgehead atoms. The van der Waals surface area contributed by atoms with Crippen molar-refractivity contribution in [1.82, 2.24) is 25.4 Å². The van der Waals surface area contributed by atoms with Crippen molar-refractivity contribution in [3.8, 4) is 0 Å². The van der Waals surface area contributed by atoms with Crippen LogP contribution in [0.5, 0.6) is 0 Å². The van der Waals surface area contributed by atoms with E-state index in [-0.39, 0.29) is 24.0 Å². The van der Waals surface area contributed by atoms with Crippen molar-refractivity contribution in [1.29, 1.82) is 0 Å². The Kier molecular flexibility index (Phi) is 5.79. The predicted octanol–water partition coefficient (Wildman–Crippen LogP) is 3.89. The Morgan fingerprint density at radius 3 is 2.62 bits per heavy atom. The smallest absolute Gasteiger partial charge is 0.318 e. The number of hydrogen-bond donors (Lipinski definition) is 3. The molecule has 3 heterocycles. The fourth-order valence-electron chi connectivity index (χ4n) is 4.43. The number of fused-ring (bicyclic) bond motifs is 2. The van der Waals surface area contributed by atoms with Gasteiger partial charge >= 0.3 is 6.03 Å². The zero-order valence-electron chi connectivity index (χ0n) is 17.5. The third-order valence-corrected chi connectivity index (χ3v) is 8.17. The van der Waals surface area contributed by atoms with Gasteiger partial charge < -0.3 is 25.4 Å². The summed E-state index contributed by atoms with van der Waals surface area (Å²) in [6.45, 7) is 3.09. The van der Waals surface area contributed by atoms with Crippen LogP contribution < -0.4 is 10.6 Å². The normalized spacial score (nSPS) is 21.0. The number of urea groups is 1. The minimum atomic E-state index is -0.295. The first-order valence-corrected chi connectivity index (χ1v) is 12.1. The molecular weight excluding hydrogens is 469 g/mol. The number of rotatable bonds is 3. The molecule has 1 aliphatic heterocycles. The molecule has 0 unspecified atom stereocenters. The number of carbonyl (C=O) groups excluding carboxylic acids is 2. The summed E-state index contributed by atoms with van der Waals surface area (Å²) in [6.07, 6.45) is 0.650. The average molecular weight is 492 g/mol. The second-order valence-electron chi connectivity index (χ2n) is 8.31. The van der Waals surface area contributed by atoms with Crippen LogP contribution in [0.15, 0.2) is 30.3 Å². The molecule has 0 spiro atoms. The molecule has 0 radical (unpaired) electrons. The van der Waals surface area contributed by atoms with E-state index >= 15 is 0 Å². The van der Waals surface area contributed by atoms with E-state index in [1.54, 1.807) is 6.07 Å². The maximum absolute atomic E-state index is 13.0. The van der Waals surface area contributed by atoms with Gasteiger partial charge in [0.15, 0.2) is 0 Å². The summed E-state index contributed by atoms with van der Waals surface area (Å²) in [5.74, 6) is -0.239. The molecule has 0 saturated carbocycles. The molecule has 2 aliphatic rings. The van der Waals surface area contributed by atoms with Crippen LogP contribution in [0, 0.1) is 0 Å². The quantitative estimate of drug-likeness (QED) is 0.519. The van der Waals surface area contributed by atoms with Crippen molar-refractivity contribution in [3.63, 3.8) is 0 Å². The first kappa shape index (κ1) is 21.6. The minimum Gasteiger partial charge on any atom is -0.349 e. The Balaban J connectivity index is 1.34. The molecule has 3 amide bonds. The summed E-state index contributed by atoms with van der Waals surface area (Å²) in [5, 5.41) is 6.71. The van der Waals surface area contributed by atoms with Gasteiger partial charge in [0, 0.05) is 26.2 Å². The predicted molar refractivity (Wildman–Crippen MR) is 128 cm³/mol. The lowest BCUT2D eigenvalue weighted by atomic mass is 10.1. The van der Waals surface area contributed by atoms with Crippen LogP contribution in [0.4, 0.5) is 4.79 Å². The van der Waals surface area contributed by atoms with Gasteiger partial charge in [0.25, 0.3) is 5.91 Å². The number of hydrogen-bond acceptors (Lipinski definition) is 4. The number of benzene rings is 1. The molecule has 1 fully saturated rings. The lowest BCUT2D eigenvalue weighted by Gasteiger charge is -2.34. The number of thiophene rings is 1. The Bertz CT molecular complexity index is 1180. The molecule has 168 valence electrons. The van der Waals surface area contributed by atoms with E-state index in [0.29, 0.717) is 40.1 Å². The van der Waals surface area contributed by atoms with Crippen LogP contribution in [-0.4, -0.2) is 66.0 Å². The van der Waals surface area contributed by atoms with Gasteiger partial charge in [-0.3, -0.25) is 4.79 Å². The Morgan fingerprint density at radius 2 is 1.88 bits per heavy atom. The molecule has 32 heavy (non-hydrogen) atoms. The number of carbonyl (C=O) groups is 2. The fourth-order valence-corrected chi connectivity index (χ4v) is 5.91. The van der Waals surface area contributed by atoms with Crippen molar-refractivity contribution in [2.45, 2.75) is 18.5 Å². The number of nitrogens with zero attached hydrogens (tertiary/aromatic N) is 2. The van der Waals surface area contributed by atoms with Gasteiger partial charge in [-0.05, 0) is 30.7 Å². The van der Waals surface area contributed by atoms with Gasteiger partial charge in [0.1, 0.15) is 10.0 Å². The van der Waals surface area contributed by atoms with Crippen molar-refractivity contribution in [2.75, 3.05) is 33.2 Å². The van der Waals surface area contributed by atoms with Gasteiger partial charge in [0.2, 0.25) is 0 Å². The molecule has 3 aromatic rings. The Morgan fingerprint density at radius 1 is 1.12 bits per heavy atom. The minimum absolute atomic E-state index is 0.0964. The molecule has 1 saturated heterocycles. The van der Waals surface area contributed by atoms with Crippen LogP contribution in [0.25, 0.3) is 10.2 Å². The van der Waals surface area contributed by atoms with Gasteiger partial charge in [-0.2, -0.15) is 0 Å². The number of H-pyrrole nitrogens is 1. The second-order valence-corrected chi connectivity index (χ2v) is 10.3. The third-order valence-electron chi connectivity index (χ3n) is 6.24. The summed E-state index contributed by atoms with van der Waals surface area (Å²) in [4.78, 5) is 33.1. The molecular formula is C22H23Cl2N5O2S. The maximum atomic E-state index is 13.0. The highest BCUT2D eigenvalue weighted by Crippen LogP contribution is 2.39. The molecule has 2 atom stereocenters. The lowest BCUT2D eigenvalue weighted by Crippen LogP contribution is -2.53. The summed E-state index contributed by atoms with van der Waals surface area (Å²) < 4.78 is 1.33. The zero-order chi connectivity index (χ0) is 22.4. The summed E-state index contributed by atoms with van der Waals surface area (Å²) in [7, 11) is 2.06. The Labute approximate surface area is 199 Å². The first-order chi connectivity index (χ1) is 15.4. The number of likely N-dealkylation sites (N-methyl/N-ethyl adjacent to an activating group) is 1. The van der Waals surface area contributed by atoms with Crippen LogP contribution in [0.1, 0.15) is 27.7 Å². The summed E-state index contributed by atoms with van der Waals surface area (Å²) in [6, 6.07) is 9.11. The highest BCUT2D eigenvalue weighted by Gasteiger charge is 2.36. The van der Waals surface area contributed by atoms with Gasteiger partial charge in [0.05, 0.1) is 27.3 Å². The first-order valence-electron chi connectivity index (χ1n) is 10.5. The number of aromatic nitrogens is 1. The highest BCUT2D eigenvalue weighted by atomic mass is 35.5. The molecule has 1 aromatic carbocycles. The van der Waals surface area contributed by atoms with E-state index in [4.69, 9.17) is 23.2 Å². The average Bonchev–Trinajstić information content (AvgIpc) is 3.42. The van der Waals surface area contributed by atoms with Gasteiger partial charge in [-0.25, -0.2) is 4.79 Å². The second kappa shape index (κ2) is 8.59. The number of aromatic amines is 1. The monoisotopic (exact) mass is 491 g/mol. The summed E-state index contributed by atoms with van der Waals surface area (Å²) >= 11 is 13.6. The van der Waals surface area contributed by atoms with Crippen LogP contribution >= 0.6 is 34.5 Å². The SMILES string of the molecule is CN1CCN(C(=O)N[C@@H]2c3ccccc3C[C@@H]2NC(=O)c2cc3sc(Cl)c(Cl)c3[nH]2)CC1. The number of halogens is 2. The van der Waals surface area contributed by atoms with E-state index in [1.807, 2.05) is 29.2 Å². The lowest BCUT2D eigenvalue weighted by molar-refractivity contribution is 0.0923. The molecule has 7 nitrogen and oxygen atoms in total. The van der Waals surface area contributed by atoms with E-state index in [1.165, 1.54) is 11.3 Å². The molecule has 1 aliphatic carbocycles. The Hall–Kier alpha value is -2.26. The van der Waals surface area contributed by atoms with Crippen molar-refractivity contribution < 1.29 is 9.59 Å². The van der Waals surface area contributed by atoms with E-state index < -0.39 is 0 Å². The number of piperazine rings is 1. The molecule has 3 N–H and O–H groups in total. The van der Waals surface area contributed by atoms with Crippen molar-refractivity contribution in [2.24, 2.45) is 0 Å². The topological polar surface area (TPSA) is 80.5 Å². The van der Waals surface area contributed by atoms with Gasteiger partial charge in [-0.1, -0.05) is 47.5 Å². The van der Waals surface area contributed by atoms with Crippen LogP contribution in [0.3, 0.4) is 0 Å². The maximum Gasteiger partial charge on any atom is 0.318 e. The largest absolute Gasteiger partial charge is 0.349 e.